The number of nitrogens with zero attached hydrogens (tertiary/aromatic N) is 2. The minimum atomic E-state index is -0.533. The van der Waals surface area contributed by atoms with Crippen LogP contribution < -0.4 is 0 Å². The molecule has 2 atom stereocenters. The lowest BCUT2D eigenvalue weighted by atomic mass is 9.72. The number of aryl methyl sites for hydroxylation is 1. The Labute approximate surface area is 209 Å². The van der Waals surface area contributed by atoms with Gasteiger partial charge in [-0.1, -0.05) is 30.3 Å². The van der Waals surface area contributed by atoms with Gasteiger partial charge in [0.05, 0.1) is 29.7 Å². The van der Waals surface area contributed by atoms with Gasteiger partial charge >= 0.3 is 5.97 Å². The van der Waals surface area contributed by atoms with Crippen molar-refractivity contribution in [2.45, 2.75) is 20.8 Å². The minimum Gasteiger partial charge on any atom is -0.462 e. The van der Waals surface area contributed by atoms with Gasteiger partial charge in [0.25, 0.3) is 0 Å². The average Bonchev–Trinajstić information content (AvgIpc) is 3.18. The first-order valence-electron chi connectivity index (χ1n) is 12.0. The highest BCUT2D eigenvalue weighted by Crippen LogP contribution is 2.35. The standard InChI is InChI=1S/C30H26N2O4/c1-4-36-30(35)20-9-12-23(13-10-20)32-18(2)15-21(19(32)3)17-31-22-11-14-26-27(16-22)29(34)25-8-6-5-7-24(25)28(26)33/h5-17,26-27H,4H2,1-3H3/t26-,27+/m0/s1. The second-order valence-corrected chi connectivity index (χ2v) is 8.96. The van der Waals surface area contributed by atoms with Crippen LogP contribution in [0.15, 0.2) is 83.5 Å². The Kier molecular flexibility index (Phi) is 6.10. The minimum absolute atomic E-state index is 0.0248. The molecule has 0 saturated carbocycles. The summed E-state index contributed by atoms with van der Waals surface area (Å²) in [5.74, 6) is -1.42. The summed E-state index contributed by atoms with van der Waals surface area (Å²) in [5, 5.41) is 0. The van der Waals surface area contributed by atoms with Gasteiger partial charge in [-0.3, -0.25) is 14.6 Å². The highest BCUT2D eigenvalue weighted by Gasteiger charge is 2.40. The Morgan fingerprint density at radius 1 is 1.00 bits per heavy atom. The summed E-state index contributed by atoms with van der Waals surface area (Å²) in [5.41, 5.74) is 6.04. The largest absolute Gasteiger partial charge is 0.462 e. The van der Waals surface area contributed by atoms with E-state index in [0.717, 1.165) is 22.6 Å². The van der Waals surface area contributed by atoms with Gasteiger partial charge in [-0.25, -0.2) is 4.79 Å². The van der Waals surface area contributed by atoms with Crippen LogP contribution in [-0.4, -0.2) is 34.9 Å². The number of rotatable bonds is 5. The Morgan fingerprint density at radius 2 is 1.67 bits per heavy atom. The highest BCUT2D eigenvalue weighted by atomic mass is 16.5. The second kappa shape index (κ2) is 9.38. The van der Waals surface area contributed by atoms with Crippen LogP contribution in [0, 0.1) is 25.7 Å². The van der Waals surface area contributed by atoms with Crippen LogP contribution in [0.3, 0.4) is 0 Å². The first-order valence-corrected chi connectivity index (χ1v) is 12.0. The number of carbonyl (C=O) groups is 3. The normalized spacial score (nSPS) is 18.7. The van der Waals surface area contributed by atoms with E-state index in [2.05, 4.69) is 9.56 Å². The Hall–Kier alpha value is -4.32. The lowest BCUT2D eigenvalue weighted by molar-refractivity contribution is 0.0526. The molecule has 6 heteroatoms. The molecule has 180 valence electrons. The van der Waals surface area contributed by atoms with Crippen LogP contribution >= 0.6 is 0 Å². The van der Waals surface area contributed by atoms with Gasteiger partial charge in [-0.05, 0) is 63.3 Å². The molecule has 0 radical (unpaired) electrons. The number of hydrogen-bond acceptors (Lipinski definition) is 5. The zero-order chi connectivity index (χ0) is 25.4. The van der Waals surface area contributed by atoms with Crippen LogP contribution in [0.5, 0.6) is 0 Å². The molecule has 1 aromatic heterocycles. The zero-order valence-corrected chi connectivity index (χ0v) is 20.4. The van der Waals surface area contributed by atoms with Crippen molar-refractivity contribution in [1.29, 1.82) is 0 Å². The molecule has 0 saturated heterocycles. The van der Waals surface area contributed by atoms with E-state index in [1.165, 1.54) is 0 Å². The number of aliphatic imine (C=N–C) groups is 1. The predicted octanol–water partition coefficient (Wildman–Crippen LogP) is 5.46. The number of carbonyl (C=O) groups excluding carboxylic acids is 3. The Balaban J connectivity index is 1.39. The van der Waals surface area contributed by atoms with E-state index in [-0.39, 0.29) is 17.5 Å². The van der Waals surface area contributed by atoms with Crippen molar-refractivity contribution >= 4 is 23.8 Å². The van der Waals surface area contributed by atoms with Crippen LogP contribution in [0.1, 0.15) is 54.9 Å². The van der Waals surface area contributed by atoms with E-state index in [4.69, 9.17) is 4.74 Å². The maximum atomic E-state index is 13.1. The molecule has 2 aromatic carbocycles. The summed E-state index contributed by atoms with van der Waals surface area (Å²) in [6.07, 6.45) is 7.18. The van der Waals surface area contributed by atoms with Crippen LogP contribution in [0.4, 0.5) is 0 Å². The summed E-state index contributed by atoms with van der Waals surface area (Å²) in [4.78, 5) is 42.6. The van der Waals surface area contributed by atoms with Gasteiger partial charge in [0, 0.05) is 40.0 Å². The van der Waals surface area contributed by atoms with Gasteiger partial charge < -0.3 is 9.30 Å². The molecule has 0 unspecified atom stereocenters. The molecule has 0 fully saturated rings. The summed E-state index contributed by atoms with van der Waals surface area (Å²) < 4.78 is 7.16. The number of esters is 1. The first-order chi connectivity index (χ1) is 17.4. The number of ketones is 2. The maximum absolute atomic E-state index is 13.1. The molecule has 0 amide bonds. The van der Waals surface area contributed by atoms with Crippen molar-refractivity contribution in [3.63, 3.8) is 0 Å². The average molecular weight is 479 g/mol. The number of allylic oxidation sites excluding steroid dienone is 3. The summed E-state index contributed by atoms with van der Waals surface area (Å²) in [6.45, 7) is 6.14. The SMILES string of the molecule is CCOC(=O)c1ccc(-n2c(C)cc(C=NC3=C[C@H]4C(=O)c5ccccc5C(=O)[C@H]4C=C3)c2C)cc1. The third-order valence-corrected chi connectivity index (χ3v) is 6.73. The molecule has 5 rings (SSSR count). The molecular formula is C30H26N2O4. The van der Waals surface area contributed by atoms with E-state index >= 15 is 0 Å². The number of Topliss-reactive ketones (excluding diaryl/α,β-unsaturated/α-hetero) is 2. The summed E-state index contributed by atoms with van der Waals surface area (Å²) in [7, 11) is 0. The van der Waals surface area contributed by atoms with E-state index in [1.807, 2.05) is 38.1 Å². The van der Waals surface area contributed by atoms with Crippen molar-refractivity contribution in [3.8, 4) is 5.69 Å². The molecule has 1 heterocycles. The fraction of sp³-hybridized carbons (Fsp3) is 0.200. The third-order valence-electron chi connectivity index (χ3n) is 6.73. The van der Waals surface area contributed by atoms with Crippen molar-refractivity contribution in [3.05, 3.63) is 112 Å². The first kappa shape index (κ1) is 23.4. The smallest absolute Gasteiger partial charge is 0.338 e. The fourth-order valence-corrected chi connectivity index (χ4v) is 4.93. The Bertz CT molecular complexity index is 1470. The van der Waals surface area contributed by atoms with Gasteiger partial charge in [-0.2, -0.15) is 0 Å². The number of hydrogen-bond donors (Lipinski definition) is 0. The number of fused-ring (bicyclic) bond motifs is 2. The zero-order valence-electron chi connectivity index (χ0n) is 20.4. The van der Waals surface area contributed by atoms with Gasteiger partial charge in [0.15, 0.2) is 11.6 Å². The molecule has 0 N–H and O–H groups in total. The topological polar surface area (TPSA) is 77.7 Å². The van der Waals surface area contributed by atoms with E-state index in [9.17, 15) is 14.4 Å². The van der Waals surface area contributed by atoms with Crippen molar-refractivity contribution < 1.29 is 19.1 Å². The van der Waals surface area contributed by atoms with Crippen LogP contribution in [-0.2, 0) is 4.74 Å². The maximum Gasteiger partial charge on any atom is 0.338 e. The lowest BCUT2D eigenvalue weighted by Gasteiger charge is -2.28. The summed E-state index contributed by atoms with van der Waals surface area (Å²) in [6, 6.07) is 16.3. The molecule has 0 spiro atoms. The highest BCUT2D eigenvalue weighted by molar-refractivity contribution is 6.17. The molecule has 6 nitrogen and oxygen atoms in total. The van der Waals surface area contributed by atoms with E-state index < -0.39 is 11.8 Å². The summed E-state index contributed by atoms with van der Waals surface area (Å²) >= 11 is 0. The number of aromatic nitrogens is 1. The number of benzene rings is 2. The molecule has 0 bridgehead atoms. The molecule has 2 aliphatic carbocycles. The Morgan fingerprint density at radius 3 is 2.33 bits per heavy atom. The van der Waals surface area contributed by atoms with E-state index in [0.29, 0.717) is 29.0 Å². The monoisotopic (exact) mass is 478 g/mol. The molecule has 36 heavy (non-hydrogen) atoms. The fourth-order valence-electron chi connectivity index (χ4n) is 4.93. The molecule has 3 aromatic rings. The van der Waals surface area contributed by atoms with Crippen molar-refractivity contribution in [2.24, 2.45) is 16.8 Å². The second-order valence-electron chi connectivity index (χ2n) is 8.96. The van der Waals surface area contributed by atoms with Crippen molar-refractivity contribution in [2.75, 3.05) is 6.61 Å². The molecular weight excluding hydrogens is 452 g/mol. The van der Waals surface area contributed by atoms with Crippen LogP contribution in [0.25, 0.3) is 5.69 Å². The third kappa shape index (κ3) is 4.05. The molecule has 0 aliphatic heterocycles. The molecule has 2 aliphatic rings. The van der Waals surface area contributed by atoms with Gasteiger partial charge in [0.2, 0.25) is 0 Å². The van der Waals surface area contributed by atoms with Gasteiger partial charge in [0.1, 0.15) is 0 Å². The quantitative estimate of drug-likeness (QED) is 0.361. The number of ether oxygens (including phenoxy) is 1. The lowest BCUT2D eigenvalue weighted by Crippen LogP contribution is -2.35. The van der Waals surface area contributed by atoms with Gasteiger partial charge in [-0.15, -0.1) is 0 Å². The van der Waals surface area contributed by atoms with Crippen molar-refractivity contribution in [1.82, 2.24) is 4.57 Å². The predicted molar refractivity (Wildman–Crippen MR) is 138 cm³/mol. The van der Waals surface area contributed by atoms with Crippen LogP contribution in [0.2, 0.25) is 0 Å². The van der Waals surface area contributed by atoms with E-state index in [1.54, 1.807) is 61.7 Å².